The molecule has 102 valence electrons. The maximum Gasteiger partial charge on any atom is 0.238 e. The number of hydrogen-bond donors (Lipinski definition) is 2. The fourth-order valence-corrected chi connectivity index (χ4v) is 2.31. The monoisotopic (exact) mass is 279 g/mol. The summed E-state index contributed by atoms with van der Waals surface area (Å²) in [7, 11) is 0. The predicted molar refractivity (Wildman–Crippen MR) is 79.7 cm³/mol. The minimum atomic E-state index is -0.0460. The number of rotatable bonds is 5. The van der Waals surface area contributed by atoms with Gasteiger partial charge in [-0.2, -0.15) is 0 Å². The lowest BCUT2D eigenvalue weighted by atomic mass is 10.2. The number of aromatic nitrogens is 1. The molecular weight excluding hydrogens is 262 g/mol. The van der Waals surface area contributed by atoms with Crippen molar-refractivity contribution in [2.75, 3.05) is 25.0 Å². The highest BCUT2D eigenvalue weighted by atomic mass is 35.5. The van der Waals surface area contributed by atoms with E-state index >= 15 is 0 Å². The molecule has 0 saturated heterocycles. The molecule has 0 aliphatic rings. The molecule has 5 heteroatoms. The molecule has 1 amide bonds. The number of halogens is 1. The summed E-state index contributed by atoms with van der Waals surface area (Å²) in [6.07, 6.45) is 0. The quantitative estimate of drug-likeness (QED) is 0.883. The molecule has 0 unspecified atom stereocenters. The number of likely N-dealkylation sites (N-methyl/N-ethyl adjacent to an activating group) is 1. The predicted octanol–water partition coefficient (Wildman–Crippen LogP) is 3.10. The molecule has 0 fully saturated rings. The van der Waals surface area contributed by atoms with E-state index in [2.05, 4.69) is 15.2 Å². The summed E-state index contributed by atoms with van der Waals surface area (Å²) < 4.78 is 0. The van der Waals surface area contributed by atoms with Crippen molar-refractivity contribution in [1.29, 1.82) is 0 Å². The number of fused-ring (bicyclic) bond motifs is 1. The average molecular weight is 280 g/mol. The van der Waals surface area contributed by atoms with Crippen LogP contribution < -0.4 is 5.32 Å². The van der Waals surface area contributed by atoms with Crippen LogP contribution in [0.4, 0.5) is 5.69 Å². The number of amides is 1. The molecule has 0 saturated carbocycles. The highest BCUT2D eigenvalue weighted by Crippen LogP contribution is 2.30. The van der Waals surface area contributed by atoms with E-state index < -0.39 is 0 Å². The molecule has 0 bridgehead atoms. The van der Waals surface area contributed by atoms with Crippen molar-refractivity contribution in [2.45, 2.75) is 13.8 Å². The molecule has 0 aliphatic carbocycles. The van der Waals surface area contributed by atoms with Gasteiger partial charge >= 0.3 is 0 Å². The number of anilines is 1. The first-order valence-electron chi connectivity index (χ1n) is 6.44. The summed E-state index contributed by atoms with van der Waals surface area (Å²) in [4.78, 5) is 17.1. The number of H-pyrrole nitrogens is 1. The molecule has 2 rings (SSSR count). The zero-order valence-electron chi connectivity index (χ0n) is 11.2. The normalized spacial score (nSPS) is 11.2. The average Bonchev–Trinajstić information content (AvgIpc) is 2.72. The number of nitrogens with zero attached hydrogens (tertiary/aromatic N) is 1. The molecule has 0 aliphatic heterocycles. The van der Waals surface area contributed by atoms with E-state index in [-0.39, 0.29) is 5.91 Å². The maximum atomic E-state index is 12.0. The molecule has 19 heavy (non-hydrogen) atoms. The summed E-state index contributed by atoms with van der Waals surface area (Å²) in [6.45, 7) is 6.16. The smallest absolute Gasteiger partial charge is 0.238 e. The second-order valence-electron chi connectivity index (χ2n) is 4.37. The number of carbonyl (C=O) groups excluding carboxylic acids is 1. The van der Waals surface area contributed by atoms with Gasteiger partial charge in [0.25, 0.3) is 0 Å². The zero-order chi connectivity index (χ0) is 13.8. The SMILES string of the molecule is CCN(CC)CC(=O)Nc1c(Cl)[nH]c2ccccc12. The van der Waals surface area contributed by atoms with Gasteiger partial charge in [-0.25, -0.2) is 0 Å². The van der Waals surface area contributed by atoms with E-state index in [4.69, 9.17) is 11.6 Å². The van der Waals surface area contributed by atoms with Gasteiger partial charge in [0.1, 0.15) is 5.15 Å². The van der Waals surface area contributed by atoms with E-state index in [9.17, 15) is 4.79 Å². The molecule has 1 aromatic carbocycles. The van der Waals surface area contributed by atoms with Gasteiger partial charge in [-0.3, -0.25) is 9.69 Å². The molecule has 4 nitrogen and oxygen atoms in total. The van der Waals surface area contributed by atoms with Crippen LogP contribution >= 0.6 is 11.6 Å². The number of para-hydroxylation sites is 1. The highest BCUT2D eigenvalue weighted by molar-refractivity contribution is 6.35. The van der Waals surface area contributed by atoms with Gasteiger partial charge in [0, 0.05) is 10.9 Å². The van der Waals surface area contributed by atoms with Crippen LogP contribution in [0.3, 0.4) is 0 Å². The first-order chi connectivity index (χ1) is 9.15. The number of nitrogens with one attached hydrogen (secondary N) is 2. The Kier molecular flexibility index (Phi) is 4.45. The van der Waals surface area contributed by atoms with Gasteiger partial charge in [0.2, 0.25) is 5.91 Å². The highest BCUT2D eigenvalue weighted by Gasteiger charge is 2.13. The summed E-state index contributed by atoms with van der Waals surface area (Å²) in [5.74, 6) is -0.0460. The molecule has 2 aromatic rings. The van der Waals surface area contributed by atoms with Crippen molar-refractivity contribution in [3.05, 3.63) is 29.4 Å². The lowest BCUT2D eigenvalue weighted by Crippen LogP contribution is -2.32. The lowest BCUT2D eigenvalue weighted by Gasteiger charge is -2.17. The summed E-state index contributed by atoms with van der Waals surface area (Å²) in [5, 5.41) is 4.29. The van der Waals surface area contributed by atoms with E-state index in [1.54, 1.807) is 0 Å². The Morgan fingerprint density at radius 2 is 2.00 bits per heavy atom. The summed E-state index contributed by atoms with van der Waals surface area (Å²) in [6, 6.07) is 7.72. The lowest BCUT2D eigenvalue weighted by molar-refractivity contribution is -0.117. The second-order valence-corrected chi connectivity index (χ2v) is 4.75. The van der Waals surface area contributed by atoms with Crippen LogP contribution in [0.15, 0.2) is 24.3 Å². The molecule has 1 aromatic heterocycles. The van der Waals surface area contributed by atoms with E-state index in [0.29, 0.717) is 17.4 Å². The number of aromatic amines is 1. The van der Waals surface area contributed by atoms with Crippen molar-refractivity contribution in [3.63, 3.8) is 0 Å². The molecule has 1 heterocycles. The van der Waals surface area contributed by atoms with Crippen LogP contribution in [0, 0.1) is 0 Å². The van der Waals surface area contributed by atoms with Crippen molar-refractivity contribution in [3.8, 4) is 0 Å². The van der Waals surface area contributed by atoms with Gasteiger partial charge in [0.05, 0.1) is 12.2 Å². The molecule has 0 spiro atoms. The molecular formula is C14H18ClN3O. The number of benzene rings is 1. The minimum Gasteiger partial charge on any atom is -0.344 e. The van der Waals surface area contributed by atoms with Crippen molar-refractivity contribution < 1.29 is 4.79 Å². The fourth-order valence-electron chi connectivity index (χ4n) is 2.06. The van der Waals surface area contributed by atoms with Crippen LogP contribution in [-0.4, -0.2) is 35.4 Å². The van der Waals surface area contributed by atoms with Crippen LogP contribution in [0.2, 0.25) is 5.15 Å². The van der Waals surface area contributed by atoms with Gasteiger partial charge in [-0.1, -0.05) is 43.6 Å². The largest absolute Gasteiger partial charge is 0.344 e. The topological polar surface area (TPSA) is 48.1 Å². The summed E-state index contributed by atoms with van der Waals surface area (Å²) in [5.41, 5.74) is 1.58. The van der Waals surface area contributed by atoms with Crippen molar-refractivity contribution >= 4 is 34.1 Å². The Hall–Kier alpha value is -1.52. The number of carbonyl (C=O) groups is 1. The second kappa shape index (κ2) is 6.08. The van der Waals surface area contributed by atoms with E-state index in [1.807, 2.05) is 38.1 Å². The third-order valence-corrected chi connectivity index (χ3v) is 3.47. The Labute approximate surface area is 117 Å². The third kappa shape index (κ3) is 3.08. The Balaban J connectivity index is 2.17. The maximum absolute atomic E-state index is 12.0. The standard InChI is InChI=1S/C14H18ClN3O/c1-3-18(4-2)9-12(19)17-13-10-7-5-6-8-11(10)16-14(13)15/h5-8,16H,3-4,9H2,1-2H3,(H,17,19). The Morgan fingerprint density at radius 3 is 2.68 bits per heavy atom. The molecule has 2 N–H and O–H groups in total. The van der Waals surface area contributed by atoms with E-state index in [0.717, 1.165) is 24.0 Å². The van der Waals surface area contributed by atoms with Gasteiger partial charge in [0.15, 0.2) is 0 Å². The number of hydrogen-bond acceptors (Lipinski definition) is 2. The van der Waals surface area contributed by atoms with E-state index in [1.165, 1.54) is 0 Å². The Bertz CT molecular complexity index is 575. The zero-order valence-corrected chi connectivity index (χ0v) is 11.9. The molecule has 0 radical (unpaired) electrons. The Morgan fingerprint density at radius 1 is 1.32 bits per heavy atom. The van der Waals surface area contributed by atoms with Gasteiger partial charge in [-0.15, -0.1) is 0 Å². The van der Waals surface area contributed by atoms with Crippen LogP contribution in [-0.2, 0) is 4.79 Å². The van der Waals surface area contributed by atoms with Gasteiger partial charge < -0.3 is 10.3 Å². The van der Waals surface area contributed by atoms with Crippen LogP contribution in [0.1, 0.15) is 13.8 Å². The van der Waals surface area contributed by atoms with Crippen molar-refractivity contribution in [1.82, 2.24) is 9.88 Å². The molecule has 0 atom stereocenters. The van der Waals surface area contributed by atoms with Gasteiger partial charge in [-0.05, 0) is 19.2 Å². The minimum absolute atomic E-state index is 0.0460. The van der Waals surface area contributed by atoms with Crippen LogP contribution in [0.25, 0.3) is 10.9 Å². The fraction of sp³-hybridized carbons (Fsp3) is 0.357. The first-order valence-corrected chi connectivity index (χ1v) is 6.81. The first kappa shape index (κ1) is 13.9. The van der Waals surface area contributed by atoms with Crippen molar-refractivity contribution in [2.24, 2.45) is 0 Å². The third-order valence-electron chi connectivity index (χ3n) is 3.19. The summed E-state index contributed by atoms with van der Waals surface area (Å²) >= 11 is 6.13. The van der Waals surface area contributed by atoms with Crippen LogP contribution in [0.5, 0.6) is 0 Å².